The number of carbonyl (C=O) groups is 3. The molecule has 1 aromatic heterocycles. The first-order valence-electron chi connectivity index (χ1n) is 12.9. The number of rotatable bonds is 11. The van der Waals surface area contributed by atoms with Crippen LogP contribution in [0.3, 0.4) is 0 Å². The third-order valence-corrected chi connectivity index (χ3v) is 7.99. The van der Waals surface area contributed by atoms with E-state index >= 15 is 0 Å². The molecule has 2 aromatic rings. The highest BCUT2D eigenvalue weighted by atomic mass is 32.2. The van der Waals surface area contributed by atoms with Gasteiger partial charge in [-0.05, 0) is 63.0 Å². The second-order valence-corrected chi connectivity index (χ2v) is 12.2. The van der Waals surface area contributed by atoms with E-state index in [-0.39, 0.29) is 16.7 Å². The zero-order chi connectivity index (χ0) is 27.5. The predicted octanol–water partition coefficient (Wildman–Crippen LogP) is 5.23. The molecule has 0 aliphatic heterocycles. The number of hydrogen-bond acceptors (Lipinski definition) is 8. The number of nitrogens with one attached hydrogen (secondary N) is 3. The summed E-state index contributed by atoms with van der Waals surface area (Å²) in [6, 6.07) is 6.73. The highest BCUT2D eigenvalue weighted by Crippen LogP contribution is 2.27. The van der Waals surface area contributed by atoms with Gasteiger partial charge in [-0.1, -0.05) is 31.4 Å². The van der Waals surface area contributed by atoms with Gasteiger partial charge in [-0.15, -0.1) is 11.3 Å². The molecule has 9 nitrogen and oxygen atoms in total. The van der Waals surface area contributed by atoms with Crippen LogP contribution in [0.1, 0.15) is 68.9 Å². The van der Waals surface area contributed by atoms with Crippen molar-refractivity contribution < 1.29 is 23.9 Å². The molecule has 208 valence electrons. The molecule has 38 heavy (non-hydrogen) atoms. The average molecular weight is 563 g/mol. The van der Waals surface area contributed by atoms with Crippen LogP contribution in [0.5, 0.6) is 5.75 Å². The van der Waals surface area contributed by atoms with Gasteiger partial charge in [0.2, 0.25) is 5.91 Å². The van der Waals surface area contributed by atoms with Crippen LogP contribution in [0.4, 0.5) is 9.93 Å². The minimum atomic E-state index is -0.724. The van der Waals surface area contributed by atoms with Gasteiger partial charge < -0.3 is 20.1 Å². The standard InChI is InChI=1S/C27H38N4O5S2/c1-27(2,3)36-26(34)31-25-30-22(17-38-25)24(33)29-21(16-37-15-19-8-6-5-7-9-19)23(32)28-14-18-10-12-20(35-4)13-11-18/h10-13,17,19,21H,5-9,14-16H2,1-4H3,(H,28,32)(H,29,33)(H,30,31,34)/t21-/m0/s1. The van der Waals surface area contributed by atoms with E-state index in [2.05, 4.69) is 20.9 Å². The Morgan fingerprint density at radius 3 is 2.50 bits per heavy atom. The lowest BCUT2D eigenvalue weighted by Crippen LogP contribution is -2.48. The molecule has 3 rings (SSSR count). The quantitative estimate of drug-likeness (QED) is 0.343. The van der Waals surface area contributed by atoms with Crippen LogP contribution < -0.4 is 20.7 Å². The van der Waals surface area contributed by atoms with Crippen molar-refractivity contribution in [2.24, 2.45) is 5.92 Å². The Hall–Kier alpha value is -2.79. The smallest absolute Gasteiger partial charge is 0.413 e. The third-order valence-electron chi connectivity index (χ3n) is 5.96. The highest BCUT2D eigenvalue weighted by molar-refractivity contribution is 7.99. The molecule has 1 aromatic carbocycles. The summed E-state index contributed by atoms with van der Waals surface area (Å²) >= 11 is 2.81. The Morgan fingerprint density at radius 1 is 1.13 bits per heavy atom. The second kappa shape index (κ2) is 14.4. The van der Waals surface area contributed by atoms with Gasteiger partial charge in [0.15, 0.2) is 5.13 Å². The van der Waals surface area contributed by atoms with E-state index in [0.717, 1.165) is 28.4 Å². The van der Waals surface area contributed by atoms with Crippen molar-refractivity contribution in [1.29, 1.82) is 0 Å². The maximum Gasteiger partial charge on any atom is 0.413 e. The van der Waals surface area contributed by atoms with Crippen LogP contribution in [-0.4, -0.2) is 53.1 Å². The molecule has 1 aliphatic carbocycles. The number of amides is 3. The molecule has 0 saturated heterocycles. The van der Waals surface area contributed by atoms with E-state index in [1.807, 2.05) is 24.3 Å². The number of anilines is 1. The number of aromatic nitrogens is 1. The number of thioether (sulfide) groups is 1. The first-order valence-corrected chi connectivity index (χ1v) is 14.9. The van der Waals surface area contributed by atoms with Gasteiger partial charge in [-0.2, -0.15) is 11.8 Å². The van der Waals surface area contributed by atoms with Crippen molar-refractivity contribution in [3.63, 3.8) is 0 Å². The Bertz CT molecular complexity index is 1060. The number of thiazole rings is 1. The molecule has 11 heteroatoms. The van der Waals surface area contributed by atoms with Crippen LogP contribution >= 0.6 is 23.1 Å². The number of nitrogens with zero attached hydrogens (tertiary/aromatic N) is 1. The molecule has 0 spiro atoms. The summed E-state index contributed by atoms with van der Waals surface area (Å²) in [5.74, 6) is 2.11. The summed E-state index contributed by atoms with van der Waals surface area (Å²) in [5.41, 5.74) is 0.409. The normalized spacial score (nSPS) is 14.8. The fourth-order valence-electron chi connectivity index (χ4n) is 4.00. The van der Waals surface area contributed by atoms with Crippen LogP contribution in [0.15, 0.2) is 29.6 Å². The van der Waals surface area contributed by atoms with Crippen molar-refractivity contribution in [3.8, 4) is 5.75 Å². The molecule has 0 unspecified atom stereocenters. The number of hydrogen-bond donors (Lipinski definition) is 3. The van der Waals surface area contributed by atoms with Gasteiger partial charge in [-0.25, -0.2) is 9.78 Å². The van der Waals surface area contributed by atoms with Crippen molar-refractivity contribution in [2.75, 3.05) is 23.9 Å². The summed E-state index contributed by atoms with van der Waals surface area (Å²) in [6.45, 7) is 5.63. The van der Waals surface area contributed by atoms with E-state index in [4.69, 9.17) is 9.47 Å². The maximum atomic E-state index is 13.1. The van der Waals surface area contributed by atoms with Crippen molar-refractivity contribution >= 4 is 46.1 Å². The van der Waals surface area contributed by atoms with Crippen molar-refractivity contribution in [1.82, 2.24) is 15.6 Å². The van der Waals surface area contributed by atoms with E-state index in [9.17, 15) is 14.4 Å². The van der Waals surface area contributed by atoms with Gasteiger partial charge in [0, 0.05) is 17.7 Å². The van der Waals surface area contributed by atoms with Gasteiger partial charge in [0.1, 0.15) is 23.1 Å². The lowest BCUT2D eigenvalue weighted by Gasteiger charge is -2.23. The first kappa shape index (κ1) is 29.8. The monoisotopic (exact) mass is 562 g/mol. The fourth-order valence-corrected chi connectivity index (χ4v) is 5.95. The minimum Gasteiger partial charge on any atom is -0.497 e. The minimum absolute atomic E-state index is 0.131. The van der Waals surface area contributed by atoms with Gasteiger partial charge in [0.05, 0.1) is 7.11 Å². The molecule has 1 heterocycles. The summed E-state index contributed by atoms with van der Waals surface area (Å²) in [4.78, 5) is 42.3. The lowest BCUT2D eigenvalue weighted by atomic mass is 9.91. The summed E-state index contributed by atoms with van der Waals surface area (Å²) in [6.07, 6.45) is 5.62. The summed E-state index contributed by atoms with van der Waals surface area (Å²) in [7, 11) is 1.61. The van der Waals surface area contributed by atoms with Crippen molar-refractivity contribution in [2.45, 2.75) is 71.1 Å². The molecule has 0 bridgehead atoms. The zero-order valence-corrected chi connectivity index (χ0v) is 24.1. The van der Waals surface area contributed by atoms with Gasteiger partial charge in [0.25, 0.3) is 5.91 Å². The molecule has 1 fully saturated rings. The molecule has 3 N–H and O–H groups in total. The second-order valence-electron chi connectivity index (χ2n) is 10.3. The Labute approximate surface area is 232 Å². The third kappa shape index (κ3) is 10.2. The number of benzene rings is 1. The van der Waals surface area contributed by atoms with E-state index in [1.165, 1.54) is 32.1 Å². The van der Waals surface area contributed by atoms with Crippen molar-refractivity contribution in [3.05, 3.63) is 40.9 Å². The van der Waals surface area contributed by atoms with Crippen LogP contribution in [0.2, 0.25) is 0 Å². The maximum absolute atomic E-state index is 13.1. The molecular weight excluding hydrogens is 524 g/mol. The molecular formula is C27H38N4O5S2. The molecule has 3 amide bonds. The zero-order valence-electron chi connectivity index (χ0n) is 22.5. The fraction of sp³-hybridized carbons (Fsp3) is 0.556. The summed E-state index contributed by atoms with van der Waals surface area (Å²) < 4.78 is 10.4. The lowest BCUT2D eigenvalue weighted by molar-refractivity contribution is -0.122. The number of carbonyl (C=O) groups excluding carboxylic acids is 3. The summed E-state index contributed by atoms with van der Waals surface area (Å²) in [5, 5.41) is 10.1. The SMILES string of the molecule is COc1ccc(CNC(=O)[C@H](CSCC2CCCCC2)NC(=O)c2csc(NC(=O)OC(C)(C)C)n2)cc1. The van der Waals surface area contributed by atoms with Crippen LogP contribution in [0, 0.1) is 5.92 Å². The van der Waals surface area contributed by atoms with E-state index in [1.54, 1.807) is 45.0 Å². The molecule has 1 aliphatic rings. The Morgan fingerprint density at radius 2 is 1.84 bits per heavy atom. The first-order chi connectivity index (χ1) is 18.1. The van der Waals surface area contributed by atoms with E-state index in [0.29, 0.717) is 18.2 Å². The van der Waals surface area contributed by atoms with Gasteiger partial charge in [-0.3, -0.25) is 14.9 Å². The van der Waals surface area contributed by atoms with Crippen LogP contribution in [-0.2, 0) is 16.1 Å². The topological polar surface area (TPSA) is 119 Å². The molecule has 1 atom stereocenters. The average Bonchev–Trinajstić information content (AvgIpc) is 3.35. The molecule has 0 radical (unpaired) electrons. The molecule has 1 saturated carbocycles. The largest absolute Gasteiger partial charge is 0.497 e. The number of ether oxygens (including phenoxy) is 2. The van der Waals surface area contributed by atoms with Gasteiger partial charge >= 0.3 is 6.09 Å². The Kier molecular flexibility index (Phi) is 11.3. The predicted molar refractivity (Wildman–Crippen MR) is 152 cm³/mol. The van der Waals surface area contributed by atoms with Crippen LogP contribution in [0.25, 0.3) is 0 Å². The Balaban J connectivity index is 1.59. The highest BCUT2D eigenvalue weighted by Gasteiger charge is 2.24. The number of methoxy groups -OCH3 is 1. The van der Waals surface area contributed by atoms with E-state index < -0.39 is 23.6 Å².